The van der Waals surface area contributed by atoms with Crippen LogP contribution >= 0.6 is 0 Å². The van der Waals surface area contributed by atoms with Gasteiger partial charge >= 0.3 is 0 Å². The van der Waals surface area contributed by atoms with Crippen LogP contribution in [0.25, 0.3) is 0 Å². The third-order valence-corrected chi connectivity index (χ3v) is 13.3. The molecule has 5 fully saturated rings. The Kier molecular flexibility index (Phi) is 7.38. The fourth-order valence-corrected chi connectivity index (χ4v) is 9.97. The Balaban J connectivity index is 0.000000226. The Labute approximate surface area is 230 Å². The van der Waals surface area contributed by atoms with Gasteiger partial charge in [-0.1, -0.05) is 31.5 Å². The maximum absolute atomic E-state index is 11.5. The molecule has 0 aromatic heterocycles. The zero-order valence-electron chi connectivity index (χ0n) is 24.2. The summed E-state index contributed by atoms with van der Waals surface area (Å²) in [6, 6.07) is 6.21. The molecular formula is C31H49NO5S. The molecule has 214 valence electrons. The van der Waals surface area contributed by atoms with Crippen molar-refractivity contribution >= 4 is 10.1 Å². The van der Waals surface area contributed by atoms with Crippen LogP contribution < -0.4 is 0 Å². The van der Waals surface area contributed by atoms with E-state index in [1.54, 1.807) is 12.1 Å². The molecule has 0 unspecified atom stereocenters. The van der Waals surface area contributed by atoms with Crippen LogP contribution in [0.3, 0.4) is 0 Å². The second-order valence-electron chi connectivity index (χ2n) is 14.0. The Bertz CT molecular complexity index is 1120. The number of hydrogen-bond donors (Lipinski definition) is 1. The first-order valence-corrected chi connectivity index (χ1v) is 16.4. The van der Waals surface area contributed by atoms with E-state index in [2.05, 4.69) is 34.7 Å². The highest BCUT2D eigenvalue weighted by atomic mass is 32.2. The van der Waals surface area contributed by atoms with E-state index in [1.165, 1.54) is 57.1 Å². The molecule has 5 aliphatic rings. The van der Waals surface area contributed by atoms with E-state index in [4.69, 9.17) is 4.74 Å². The van der Waals surface area contributed by atoms with Gasteiger partial charge in [0, 0.05) is 11.8 Å². The van der Waals surface area contributed by atoms with Crippen LogP contribution in [0.5, 0.6) is 0 Å². The molecule has 0 amide bonds. The monoisotopic (exact) mass is 547 g/mol. The molecule has 4 aliphatic carbocycles. The maximum atomic E-state index is 11.5. The molecule has 4 saturated carbocycles. The van der Waals surface area contributed by atoms with Crippen LogP contribution in [0.2, 0.25) is 0 Å². The SMILES string of the molecule is CC[N+](C)(CC)[C@H]1C[C@H]2[C@@H]3CC[C@H]4C[C@@H]5O[C@@H]5C[C@]4(C)[C@H]3CC[C@]2(C)[C@@H]1O.Cc1ccc(S(=O)(=O)[O-])cc1. The highest BCUT2D eigenvalue weighted by Gasteiger charge is 2.66. The molecule has 6 rings (SSSR count). The molecule has 1 heterocycles. The van der Waals surface area contributed by atoms with Gasteiger partial charge in [0.15, 0.2) is 0 Å². The summed E-state index contributed by atoms with van der Waals surface area (Å²) in [5.41, 5.74) is 1.57. The third kappa shape index (κ3) is 4.68. The van der Waals surface area contributed by atoms with Gasteiger partial charge < -0.3 is 18.9 Å². The smallest absolute Gasteiger partial charge is 0.124 e. The number of fused-ring (bicyclic) bond motifs is 6. The van der Waals surface area contributed by atoms with Crippen LogP contribution in [-0.4, -0.2) is 67.1 Å². The molecule has 0 radical (unpaired) electrons. The first kappa shape index (κ1) is 28.5. The van der Waals surface area contributed by atoms with E-state index < -0.39 is 10.1 Å². The van der Waals surface area contributed by atoms with E-state index in [-0.39, 0.29) is 16.4 Å². The predicted octanol–water partition coefficient (Wildman–Crippen LogP) is 5.13. The quantitative estimate of drug-likeness (QED) is 0.321. The fourth-order valence-electron chi connectivity index (χ4n) is 9.50. The van der Waals surface area contributed by atoms with Gasteiger partial charge in [-0.15, -0.1) is 0 Å². The standard InChI is InChI=1S/C24H42NO2.C7H8O3S/c1-6-25(5,7-2)19-13-18-16-9-8-15-12-20-21(27-20)14-24(15,4)17(16)10-11-23(18,3)22(19)26;1-6-2-4-7(5-3-6)11(8,9)10/h15-22,26H,6-14H2,1-5H3;2-5H,1H3,(H,8,9,10)/q+1;/p-1/t15-,16+,17-,18-,19-,20-,21+,22+,23-,24-;/m0./s1. The van der Waals surface area contributed by atoms with Crippen molar-refractivity contribution in [3.05, 3.63) is 29.8 Å². The number of epoxide rings is 1. The number of benzene rings is 1. The first-order valence-electron chi connectivity index (χ1n) is 15.0. The van der Waals surface area contributed by atoms with Crippen LogP contribution in [0, 0.1) is 41.4 Å². The molecule has 10 atom stereocenters. The summed E-state index contributed by atoms with van der Waals surface area (Å²) in [6.07, 6.45) is 10.4. The molecule has 1 aromatic rings. The van der Waals surface area contributed by atoms with E-state index >= 15 is 0 Å². The van der Waals surface area contributed by atoms with Crippen molar-refractivity contribution in [3.8, 4) is 0 Å². The zero-order chi connectivity index (χ0) is 27.7. The number of rotatable bonds is 4. The molecule has 1 N–H and O–H groups in total. The van der Waals surface area contributed by atoms with Crippen molar-refractivity contribution in [2.24, 2.45) is 34.5 Å². The number of aryl methyl sites for hydroxylation is 1. The maximum Gasteiger partial charge on any atom is 0.124 e. The molecule has 1 aliphatic heterocycles. The highest BCUT2D eigenvalue weighted by Crippen LogP contribution is 2.68. The number of quaternary nitrogens is 1. The van der Waals surface area contributed by atoms with Crippen molar-refractivity contribution in [1.82, 2.24) is 0 Å². The molecular weight excluding hydrogens is 498 g/mol. The minimum atomic E-state index is -4.27. The van der Waals surface area contributed by atoms with E-state index in [9.17, 15) is 18.1 Å². The average Bonchev–Trinajstić information content (AvgIpc) is 3.56. The lowest BCUT2D eigenvalue weighted by atomic mass is 9.45. The summed E-state index contributed by atoms with van der Waals surface area (Å²) in [7, 11) is -1.88. The second-order valence-corrected chi connectivity index (χ2v) is 15.4. The van der Waals surface area contributed by atoms with Crippen molar-refractivity contribution in [2.75, 3.05) is 20.1 Å². The van der Waals surface area contributed by atoms with Gasteiger partial charge in [0.1, 0.15) is 22.3 Å². The molecule has 7 heteroatoms. The normalized spacial score (nSPS) is 43.6. The van der Waals surface area contributed by atoms with Crippen molar-refractivity contribution in [2.45, 2.75) is 109 Å². The summed E-state index contributed by atoms with van der Waals surface area (Å²) >= 11 is 0. The number of hydrogen-bond acceptors (Lipinski definition) is 5. The van der Waals surface area contributed by atoms with Crippen molar-refractivity contribution < 1.29 is 27.3 Å². The molecule has 1 saturated heterocycles. The summed E-state index contributed by atoms with van der Waals surface area (Å²) in [5, 5.41) is 11.5. The minimum absolute atomic E-state index is 0.124. The van der Waals surface area contributed by atoms with Gasteiger partial charge in [0.2, 0.25) is 0 Å². The van der Waals surface area contributed by atoms with Gasteiger partial charge in [0.25, 0.3) is 0 Å². The lowest BCUT2D eigenvalue weighted by molar-refractivity contribution is -0.933. The van der Waals surface area contributed by atoms with Crippen LogP contribution in [0.1, 0.15) is 78.2 Å². The molecule has 1 aromatic carbocycles. The zero-order valence-corrected chi connectivity index (χ0v) is 25.0. The van der Waals surface area contributed by atoms with Gasteiger partial charge in [-0.3, -0.25) is 0 Å². The van der Waals surface area contributed by atoms with E-state index in [0.717, 1.165) is 46.8 Å². The average molecular weight is 548 g/mol. The largest absolute Gasteiger partial charge is 0.744 e. The molecule has 38 heavy (non-hydrogen) atoms. The van der Waals surface area contributed by atoms with Crippen LogP contribution in [0.4, 0.5) is 0 Å². The summed E-state index contributed by atoms with van der Waals surface area (Å²) < 4.78 is 38.2. The Morgan fingerprint density at radius 2 is 1.66 bits per heavy atom. The van der Waals surface area contributed by atoms with Gasteiger partial charge in [-0.25, -0.2) is 8.42 Å². The summed E-state index contributed by atoms with van der Waals surface area (Å²) in [5.74, 6) is 3.32. The summed E-state index contributed by atoms with van der Waals surface area (Å²) in [6.45, 7) is 13.8. The minimum Gasteiger partial charge on any atom is -0.744 e. The van der Waals surface area contributed by atoms with Crippen molar-refractivity contribution in [1.29, 1.82) is 0 Å². The number of aliphatic hydroxyl groups excluding tert-OH is 1. The van der Waals surface area contributed by atoms with Gasteiger partial charge in [-0.2, -0.15) is 0 Å². The molecule has 0 spiro atoms. The molecule has 0 bridgehead atoms. The van der Waals surface area contributed by atoms with Crippen molar-refractivity contribution in [3.63, 3.8) is 0 Å². The van der Waals surface area contributed by atoms with Gasteiger partial charge in [-0.05, 0) is 101 Å². The second kappa shape index (κ2) is 9.83. The fraction of sp³-hybridized carbons (Fsp3) is 0.806. The highest BCUT2D eigenvalue weighted by molar-refractivity contribution is 7.85. The predicted molar refractivity (Wildman–Crippen MR) is 147 cm³/mol. The third-order valence-electron chi connectivity index (χ3n) is 12.4. The Morgan fingerprint density at radius 3 is 2.26 bits per heavy atom. The number of nitrogens with zero attached hydrogens (tertiary/aromatic N) is 1. The van der Waals surface area contributed by atoms with Crippen LogP contribution in [0.15, 0.2) is 29.2 Å². The van der Waals surface area contributed by atoms with Gasteiger partial charge in [0.05, 0.1) is 37.2 Å². The Hall–Kier alpha value is -0.990. The lowest BCUT2D eigenvalue weighted by Crippen LogP contribution is -2.57. The van der Waals surface area contributed by atoms with E-state index in [0.29, 0.717) is 23.7 Å². The lowest BCUT2D eigenvalue weighted by Gasteiger charge is -2.59. The number of ether oxygens (including phenoxy) is 1. The Morgan fingerprint density at radius 1 is 1.00 bits per heavy atom. The summed E-state index contributed by atoms with van der Waals surface area (Å²) in [4.78, 5) is -0.178. The van der Waals surface area contributed by atoms with Crippen LogP contribution in [-0.2, 0) is 14.9 Å². The topological polar surface area (TPSA) is 90.0 Å². The number of likely N-dealkylation sites (N-methyl/N-ethyl adjacent to an activating group) is 1. The van der Waals surface area contributed by atoms with E-state index in [1.807, 2.05) is 6.92 Å². The first-order chi connectivity index (χ1) is 17.8. The molecule has 6 nitrogen and oxygen atoms in total. The number of aliphatic hydroxyl groups is 1.